The van der Waals surface area contributed by atoms with Crippen LogP contribution in [0.15, 0.2) is 4.99 Å². The molecule has 8 heteroatoms. The number of carbonyl (C=O) groups is 1. The molecule has 1 atom stereocenters. The molecule has 0 aliphatic carbocycles. The van der Waals surface area contributed by atoms with E-state index in [0.717, 1.165) is 70.9 Å². The number of esters is 1. The molecule has 0 radical (unpaired) electrons. The van der Waals surface area contributed by atoms with E-state index in [0.29, 0.717) is 19.3 Å². The minimum atomic E-state index is -0.0616. The van der Waals surface area contributed by atoms with E-state index in [9.17, 15) is 4.79 Å². The minimum Gasteiger partial charge on any atom is -0.466 e. The number of nitrogens with zero attached hydrogens (tertiary/aromatic N) is 2. The highest BCUT2D eigenvalue weighted by Gasteiger charge is 2.27. The normalized spacial score (nSPS) is 21.4. The van der Waals surface area contributed by atoms with Gasteiger partial charge in [0.25, 0.3) is 0 Å². The number of rotatable bonds is 8. The number of aliphatic imine (C=N–C) groups is 1. The topological polar surface area (TPSA) is 72.4 Å². The zero-order valence-corrected chi connectivity index (χ0v) is 18.4. The molecule has 0 aromatic rings. The summed E-state index contributed by atoms with van der Waals surface area (Å²) in [5, 5.41) is 3.39. The van der Waals surface area contributed by atoms with E-state index in [4.69, 9.17) is 14.2 Å². The van der Waals surface area contributed by atoms with Crippen LogP contribution in [0.25, 0.3) is 0 Å². The molecule has 0 saturated carbocycles. The highest BCUT2D eigenvalue weighted by molar-refractivity contribution is 14.0. The molecule has 2 saturated heterocycles. The van der Waals surface area contributed by atoms with Crippen LogP contribution in [-0.2, 0) is 19.0 Å². The van der Waals surface area contributed by atoms with Gasteiger partial charge in [0.15, 0.2) is 5.96 Å². The van der Waals surface area contributed by atoms with Crippen molar-refractivity contribution in [2.45, 2.75) is 45.1 Å². The second-order valence-corrected chi connectivity index (χ2v) is 6.55. The van der Waals surface area contributed by atoms with Gasteiger partial charge in [-0.3, -0.25) is 9.79 Å². The van der Waals surface area contributed by atoms with Crippen molar-refractivity contribution in [1.82, 2.24) is 10.2 Å². The zero-order chi connectivity index (χ0) is 17.9. The van der Waals surface area contributed by atoms with Gasteiger partial charge in [-0.25, -0.2) is 0 Å². The van der Waals surface area contributed by atoms with Crippen molar-refractivity contribution >= 4 is 35.9 Å². The largest absolute Gasteiger partial charge is 0.466 e. The number of ether oxygens (including phenoxy) is 3. The Morgan fingerprint density at radius 3 is 2.69 bits per heavy atom. The van der Waals surface area contributed by atoms with E-state index in [1.165, 1.54) is 0 Å². The highest BCUT2D eigenvalue weighted by atomic mass is 127. The van der Waals surface area contributed by atoms with Gasteiger partial charge >= 0.3 is 5.97 Å². The van der Waals surface area contributed by atoms with Gasteiger partial charge in [-0.15, -0.1) is 24.0 Å². The molecule has 0 amide bonds. The van der Waals surface area contributed by atoms with Gasteiger partial charge in [-0.1, -0.05) is 0 Å². The lowest BCUT2D eigenvalue weighted by Crippen LogP contribution is -2.47. The van der Waals surface area contributed by atoms with Crippen LogP contribution in [0.3, 0.4) is 0 Å². The second kappa shape index (κ2) is 13.5. The number of piperidine rings is 1. The first kappa shape index (κ1) is 23.4. The molecule has 152 valence electrons. The number of hydrogen-bond acceptors (Lipinski definition) is 5. The third kappa shape index (κ3) is 7.96. The molecule has 2 aliphatic rings. The minimum absolute atomic E-state index is 0. The number of guanidine groups is 1. The number of nitrogens with one attached hydrogen (secondary N) is 1. The van der Waals surface area contributed by atoms with E-state index >= 15 is 0 Å². The molecule has 2 aliphatic heterocycles. The van der Waals surface area contributed by atoms with Gasteiger partial charge in [-0.05, 0) is 39.0 Å². The zero-order valence-electron chi connectivity index (χ0n) is 16.1. The lowest BCUT2D eigenvalue weighted by atomic mass is 9.97. The molecule has 2 fully saturated rings. The third-order valence-electron chi connectivity index (χ3n) is 4.70. The highest BCUT2D eigenvalue weighted by Crippen LogP contribution is 2.18. The molecule has 0 aromatic carbocycles. The van der Waals surface area contributed by atoms with Crippen LogP contribution in [0.1, 0.15) is 39.0 Å². The van der Waals surface area contributed by atoms with Crippen LogP contribution in [-0.4, -0.2) is 76.0 Å². The molecular formula is C18H34IN3O4. The molecule has 0 spiro atoms. The van der Waals surface area contributed by atoms with Crippen LogP contribution in [0.5, 0.6) is 0 Å². The van der Waals surface area contributed by atoms with Crippen LogP contribution in [0.4, 0.5) is 0 Å². The average Bonchev–Trinajstić information content (AvgIpc) is 3.15. The molecule has 0 bridgehead atoms. The standard InChI is InChI=1S/C18H33N3O4.HI/c1-3-24-17(22)15-7-10-21(11-8-15)18(19-2)20-9-5-12-23-14-16-6-4-13-25-16;/h15-16H,3-14H2,1-2H3,(H,19,20);1H. The van der Waals surface area contributed by atoms with E-state index < -0.39 is 0 Å². The van der Waals surface area contributed by atoms with Gasteiger partial charge in [0.1, 0.15) is 0 Å². The molecule has 0 aromatic heterocycles. The predicted molar refractivity (Wildman–Crippen MR) is 112 cm³/mol. The Morgan fingerprint density at radius 2 is 2.08 bits per heavy atom. The molecule has 2 heterocycles. The molecular weight excluding hydrogens is 449 g/mol. The Morgan fingerprint density at radius 1 is 1.31 bits per heavy atom. The van der Waals surface area contributed by atoms with Crippen molar-refractivity contribution < 1.29 is 19.0 Å². The van der Waals surface area contributed by atoms with Gasteiger partial charge in [0.05, 0.1) is 25.2 Å². The quantitative estimate of drug-likeness (QED) is 0.187. The van der Waals surface area contributed by atoms with Gasteiger partial charge in [0.2, 0.25) is 0 Å². The summed E-state index contributed by atoms with van der Waals surface area (Å²) in [5.41, 5.74) is 0. The fraction of sp³-hybridized carbons (Fsp3) is 0.889. The summed E-state index contributed by atoms with van der Waals surface area (Å²) in [5.74, 6) is 0.871. The maximum absolute atomic E-state index is 11.8. The molecule has 2 rings (SSSR count). The van der Waals surface area contributed by atoms with Crippen molar-refractivity contribution in [2.75, 3.05) is 53.1 Å². The number of hydrogen-bond donors (Lipinski definition) is 1. The van der Waals surface area contributed by atoms with Crippen molar-refractivity contribution in [3.63, 3.8) is 0 Å². The summed E-state index contributed by atoms with van der Waals surface area (Å²) < 4.78 is 16.3. The van der Waals surface area contributed by atoms with Crippen molar-refractivity contribution in [1.29, 1.82) is 0 Å². The number of halogens is 1. The van der Waals surface area contributed by atoms with Crippen molar-refractivity contribution in [2.24, 2.45) is 10.9 Å². The maximum Gasteiger partial charge on any atom is 0.309 e. The fourth-order valence-corrected chi connectivity index (χ4v) is 3.28. The molecule has 1 N–H and O–H groups in total. The predicted octanol–water partition coefficient (Wildman–Crippen LogP) is 2.04. The van der Waals surface area contributed by atoms with Crippen LogP contribution in [0, 0.1) is 5.92 Å². The average molecular weight is 483 g/mol. The van der Waals surface area contributed by atoms with E-state index in [2.05, 4.69) is 15.2 Å². The van der Waals surface area contributed by atoms with E-state index in [-0.39, 0.29) is 35.9 Å². The van der Waals surface area contributed by atoms with Crippen LogP contribution >= 0.6 is 24.0 Å². The van der Waals surface area contributed by atoms with Crippen molar-refractivity contribution in [3.8, 4) is 0 Å². The summed E-state index contributed by atoms with van der Waals surface area (Å²) in [7, 11) is 1.80. The summed E-state index contributed by atoms with van der Waals surface area (Å²) in [6.45, 7) is 7.11. The Balaban J connectivity index is 0.00000338. The Hall–Kier alpha value is -0.610. The van der Waals surface area contributed by atoms with Crippen LogP contribution < -0.4 is 5.32 Å². The summed E-state index contributed by atoms with van der Waals surface area (Å²) >= 11 is 0. The lowest BCUT2D eigenvalue weighted by molar-refractivity contribution is -0.149. The smallest absolute Gasteiger partial charge is 0.309 e. The van der Waals surface area contributed by atoms with Crippen molar-refractivity contribution in [3.05, 3.63) is 0 Å². The number of carbonyl (C=O) groups excluding carboxylic acids is 1. The van der Waals surface area contributed by atoms with Gasteiger partial charge in [-0.2, -0.15) is 0 Å². The van der Waals surface area contributed by atoms with Gasteiger partial charge < -0.3 is 24.4 Å². The SMILES string of the molecule is CCOC(=O)C1CCN(C(=NC)NCCCOCC2CCCO2)CC1.I. The molecule has 7 nitrogen and oxygen atoms in total. The van der Waals surface area contributed by atoms with Gasteiger partial charge in [0, 0.05) is 39.9 Å². The van der Waals surface area contributed by atoms with Crippen LogP contribution in [0.2, 0.25) is 0 Å². The Kier molecular flexibility index (Phi) is 12.2. The summed E-state index contributed by atoms with van der Waals surface area (Å²) in [6.07, 6.45) is 5.14. The second-order valence-electron chi connectivity index (χ2n) is 6.55. The van der Waals surface area contributed by atoms with E-state index in [1.54, 1.807) is 7.05 Å². The summed E-state index contributed by atoms with van der Waals surface area (Å²) in [6, 6.07) is 0. The first-order chi connectivity index (χ1) is 12.2. The lowest BCUT2D eigenvalue weighted by Gasteiger charge is -2.33. The monoisotopic (exact) mass is 483 g/mol. The first-order valence-corrected chi connectivity index (χ1v) is 9.56. The van der Waals surface area contributed by atoms with E-state index in [1.807, 2.05) is 6.92 Å². The molecule has 26 heavy (non-hydrogen) atoms. The maximum atomic E-state index is 11.8. The Bertz CT molecular complexity index is 423. The Labute approximate surface area is 174 Å². The number of likely N-dealkylation sites (tertiary alicyclic amines) is 1. The first-order valence-electron chi connectivity index (χ1n) is 9.56. The third-order valence-corrected chi connectivity index (χ3v) is 4.70. The fourth-order valence-electron chi connectivity index (χ4n) is 3.28. The molecule has 1 unspecified atom stereocenters. The summed E-state index contributed by atoms with van der Waals surface area (Å²) in [4.78, 5) is 18.4.